The first-order chi connectivity index (χ1) is 17.1. The molecule has 1 rings (SSSR count). The van der Waals surface area contributed by atoms with Gasteiger partial charge in [0, 0.05) is 23.5 Å². The van der Waals surface area contributed by atoms with E-state index in [2.05, 4.69) is 85.1 Å². The Hall–Kier alpha value is -2.64. The predicted molar refractivity (Wildman–Crippen MR) is 162 cm³/mol. The number of aliphatic imine (C=N–C) groups is 2. The molecular weight excluding hydrogens is 438 g/mol. The van der Waals surface area contributed by atoms with Crippen molar-refractivity contribution in [2.45, 2.75) is 107 Å². The first-order valence-corrected chi connectivity index (χ1v) is 13.8. The average Bonchev–Trinajstić information content (AvgIpc) is 2.82. The van der Waals surface area contributed by atoms with E-state index < -0.39 is 0 Å². The van der Waals surface area contributed by atoms with E-state index in [-0.39, 0.29) is 0 Å². The zero-order valence-electron chi connectivity index (χ0n) is 24.6. The number of aryl methyl sites for hydroxylation is 3. The van der Waals surface area contributed by atoms with E-state index in [4.69, 9.17) is 9.98 Å². The van der Waals surface area contributed by atoms with Gasteiger partial charge in [-0.25, -0.2) is 4.99 Å². The Kier molecular flexibility index (Phi) is 14.8. The number of nitrogens with one attached hydrogen (secondary N) is 1. The van der Waals surface area contributed by atoms with E-state index in [0.717, 1.165) is 53.8 Å². The highest BCUT2D eigenvalue weighted by Gasteiger charge is 2.10. The van der Waals surface area contributed by atoms with Gasteiger partial charge in [0.2, 0.25) is 0 Å². The van der Waals surface area contributed by atoms with Crippen LogP contribution in [0.4, 0.5) is 5.69 Å². The highest BCUT2D eigenvalue weighted by Crippen LogP contribution is 2.27. The van der Waals surface area contributed by atoms with Crippen molar-refractivity contribution in [1.29, 1.82) is 0 Å². The third-order valence-electron chi connectivity index (χ3n) is 6.70. The fourth-order valence-corrected chi connectivity index (χ4v) is 4.65. The fraction of sp³-hybridized carbons (Fsp3) is 0.545. The Morgan fingerprint density at radius 3 is 2.31 bits per heavy atom. The van der Waals surface area contributed by atoms with Crippen LogP contribution in [0.25, 0.3) is 0 Å². The van der Waals surface area contributed by atoms with E-state index in [1.165, 1.54) is 54.4 Å². The minimum atomic E-state index is 0.795. The minimum Gasteiger partial charge on any atom is -0.374 e. The summed E-state index contributed by atoms with van der Waals surface area (Å²) in [7, 11) is 0. The number of benzene rings is 1. The van der Waals surface area contributed by atoms with Crippen molar-refractivity contribution in [3.8, 4) is 0 Å². The zero-order valence-corrected chi connectivity index (χ0v) is 24.6. The fourth-order valence-electron chi connectivity index (χ4n) is 4.65. The number of hydrogen-bond donors (Lipinski definition) is 1. The van der Waals surface area contributed by atoms with E-state index in [1.54, 1.807) is 0 Å². The van der Waals surface area contributed by atoms with Crippen LogP contribution in [0.15, 0.2) is 63.4 Å². The third-order valence-corrected chi connectivity index (χ3v) is 6.70. The lowest BCUT2D eigenvalue weighted by molar-refractivity contribution is 0.402. The van der Waals surface area contributed by atoms with E-state index in [9.17, 15) is 0 Å². The molecule has 0 spiro atoms. The Morgan fingerprint density at radius 2 is 1.72 bits per heavy atom. The lowest BCUT2D eigenvalue weighted by atomic mass is 9.91. The molecule has 3 nitrogen and oxygen atoms in total. The molecule has 1 unspecified atom stereocenters. The van der Waals surface area contributed by atoms with Gasteiger partial charge in [0.1, 0.15) is 0 Å². The summed E-state index contributed by atoms with van der Waals surface area (Å²) >= 11 is 0. The monoisotopic (exact) mass is 489 g/mol. The van der Waals surface area contributed by atoms with Crippen LogP contribution in [-0.2, 0) is 0 Å². The van der Waals surface area contributed by atoms with Gasteiger partial charge in [-0.3, -0.25) is 4.99 Å². The van der Waals surface area contributed by atoms with Crippen LogP contribution >= 0.6 is 0 Å². The molecule has 0 saturated carbocycles. The highest BCUT2D eigenvalue weighted by molar-refractivity contribution is 6.03. The van der Waals surface area contributed by atoms with Crippen LogP contribution in [-0.4, -0.2) is 18.1 Å². The van der Waals surface area contributed by atoms with Gasteiger partial charge in [0.15, 0.2) is 0 Å². The molecule has 0 aromatic heterocycles. The topological polar surface area (TPSA) is 36.8 Å². The first kappa shape index (κ1) is 31.4. The van der Waals surface area contributed by atoms with Crippen molar-refractivity contribution in [2.75, 3.05) is 6.54 Å². The van der Waals surface area contributed by atoms with Crippen molar-refractivity contribution < 1.29 is 0 Å². The lowest BCUT2D eigenvalue weighted by Gasteiger charge is -2.17. The summed E-state index contributed by atoms with van der Waals surface area (Å²) in [5, 5.41) is 3.53. The van der Waals surface area contributed by atoms with E-state index in [0.29, 0.717) is 0 Å². The number of allylic oxidation sites excluding steroid dienone is 4. The van der Waals surface area contributed by atoms with E-state index >= 15 is 0 Å². The molecule has 0 aliphatic rings. The third kappa shape index (κ3) is 11.4. The van der Waals surface area contributed by atoms with Gasteiger partial charge in [-0.2, -0.15) is 0 Å². The molecule has 0 radical (unpaired) electrons. The lowest BCUT2D eigenvalue weighted by Crippen LogP contribution is -2.22. The van der Waals surface area contributed by atoms with Gasteiger partial charge in [-0.1, -0.05) is 56.5 Å². The molecule has 1 aromatic rings. The highest BCUT2D eigenvalue weighted by atomic mass is 15.0. The van der Waals surface area contributed by atoms with Crippen LogP contribution in [0, 0.1) is 26.7 Å². The number of amidine groups is 1. The molecule has 0 heterocycles. The maximum atomic E-state index is 5.01. The van der Waals surface area contributed by atoms with Crippen LogP contribution in [0.2, 0.25) is 0 Å². The molecular formula is C33H51N3. The summed E-state index contributed by atoms with van der Waals surface area (Å²) < 4.78 is 0. The van der Waals surface area contributed by atoms with Gasteiger partial charge >= 0.3 is 0 Å². The SMILES string of the molecule is C=C(CC)CCC(CCC)CCCN/C(C)=N/C(C)=C(C=C=CC)/C(C)=N/c1c(C)cc(C)cc1C. The van der Waals surface area contributed by atoms with E-state index in [1.807, 2.05) is 19.1 Å². The maximum absolute atomic E-state index is 5.01. The zero-order chi connectivity index (χ0) is 27.1. The van der Waals surface area contributed by atoms with Gasteiger partial charge in [0.05, 0.1) is 11.5 Å². The minimum absolute atomic E-state index is 0.795. The number of rotatable bonds is 14. The van der Waals surface area contributed by atoms with Crippen LogP contribution in [0.1, 0.15) is 103 Å². The Bertz CT molecular complexity index is 990. The van der Waals surface area contributed by atoms with Gasteiger partial charge in [-0.05, 0) is 110 Å². The molecule has 198 valence electrons. The molecule has 0 bridgehead atoms. The molecule has 1 atom stereocenters. The maximum Gasteiger partial charge on any atom is 0.0987 e. The Labute approximate surface area is 222 Å². The number of nitrogens with zero attached hydrogens (tertiary/aromatic N) is 2. The van der Waals surface area contributed by atoms with Crippen LogP contribution < -0.4 is 5.32 Å². The second-order valence-corrected chi connectivity index (χ2v) is 10.1. The van der Waals surface area contributed by atoms with Crippen molar-refractivity contribution in [3.05, 3.63) is 70.1 Å². The smallest absolute Gasteiger partial charge is 0.0987 e. The second-order valence-electron chi connectivity index (χ2n) is 10.1. The van der Waals surface area contributed by atoms with Crippen molar-refractivity contribution in [2.24, 2.45) is 15.9 Å². The molecule has 1 N–H and O–H groups in total. The van der Waals surface area contributed by atoms with Gasteiger partial charge in [0.25, 0.3) is 0 Å². The summed E-state index contributed by atoms with van der Waals surface area (Å²) in [6, 6.07) is 4.38. The predicted octanol–water partition coefficient (Wildman–Crippen LogP) is 9.66. The normalized spacial score (nSPS) is 13.6. The average molecular weight is 490 g/mol. The molecule has 3 heteroatoms. The molecule has 1 aromatic carbocycles. The summed E-state index contributed by atoms with van der Waals surface area (Å²) in [6.07, 6.45) is 12.4. The molecule has 36 heavy (non-hydrogen) atoms. The van der Waals surface area contributed by atoms with Crippen molar-refractivity contribution in [3.63, 3.8) is 0 Å². The summed E-state index contributed by atoms with van der Waals surface area (Å²) in [5.74, 6) is 1.74. The van der Waals surface area contributed by atoms with Gasteiger partial charge < -0.3 is 5.32 Å². The summed E-state index contributed by atoms with van der Waals surface area (Å²) in [6.45, 7) is 24.2. The molecule has 0 aliphatic heterocycles. The standard InChI is InChI=1S/C33H51N3/c1-11-14-18-32(29(9)36-33-26(6)22-25(5)23-27(33)7)28(8)35-30(10)34-21-15-17-31(16-12-2)20-19-24(4)13-3/h11,18,22-23,31H,4,12-13,15-17,19-21H2,1-3,5-10H3,(H,34,35)/b32-28+,36-29+. The van der Waals surface area contributed by atoms with Gasteiger partial charge in [-0.15, -0.1) is 5.73 Å². The molecule has 0 amide bonds. The van der Waals surface area contributed by atoms with Crippen LogP contribution in [0.5, 0.6) is 0 Å². The first-order valence-electron chi connectivity index (χ1n) is 13.8. The summed E-state index contributed by atoms with van der Waals surface area (Å²) in [4.78, 5) is 9.89. The molecule has 0 saturated heterocycles. The molecule has 0 fully saturated rings. The Balaban J connectivity index is 2.95. The van der Waals surface area contributed by atoms with Crippen LogP contribution in [0.3, 0.4) is 0 Å². The Morgan fingerprint density at radius 1 is 1.06 bits per heavy atom. The second kappa shape index (κ2) is 16.9. The molecule has 0 aliphatic carbocycles. The quantitative estimate of drug-likeness (QED) is 0.0692. The van der Waals surface area contributed by atoms with Crippen molar-refractivity contribution in [1.82, 2.24) is 5.32 Å². The number of hydrogen-bond acceptors (Lipinski definition) is 2. The largest absolute Gasteiger partial charge is 0.374 e. The van der Waals surface area contributed by atoms with Crippen molar-refractivity contribution >= 4 is 17.2 Å². The summed E-state index contributed by atoms with van der Waals surface area (Å²) in [5.41, 5.74) is 12.2.